The monoisotopic (exact) mass is 512 g/mol. The van der Waals surface area contributed by atoms with Crippen molar-refractivity contribution in [1.29, 1.82) is 0 Å². The number of oxazole rings is 1. The Labute approximate surface area is 217 Å². The molecule has 0 aliphatic carbocycles. The van der Waals surface area contributed by atoms with Crippen molar-refractivity contribution >= 4 is 40.2 Å². The van der Waals surface area contributed by atoms with Crippen molar-refractivity contribution < 1.29 is 23.7 Å². The van der Waals surface area contributed by atoms with Crippen molar-refractivity contribution in [3.63, 3.8) is 0 Å². The maximum Gasteiger partial charge on any atom is 0.269 e. The Morgan fingerprint density at radius 3 is 2.29 bits per heavy atom. The predicted molar refractivity (Wildman–Crippen MR) is 139 cm³/mol. The molecule has 4 aromatic rings. The lowest BCUT2D eigenvalue weighted by Crippen LogP contribution is -2.54. The lowest BCUT2D eigenvalue weighted by Gasteiger charge is -2.39. The third-order valence-corrected chi connectivity index (χ3v) is 6.37. The van der Waals surface area contributed by atoms with Crippen molar-refractivity contribution in [2.75, 3.05) is 4.90 Å². The van der Waals surface area contributed by atoms with Crippen LogP contribution in [-0.2, 0) is 9.59 Å². The topological polar surface area (TPSA) is 127 Å². The maximum absolute atomic E-state index is 13.5. The number of non-ortho nitro benzene ring substituents is 1. The van der Waals surface area contributed by atoms with Crippen LogP contribution in [0.1, 0.15) is 37.6 Å². The Kier molecular flexibility index (Phi) is 6.02. The van der Waals surface area contributed by atoms with E-state index < -0.39 is 34.2 Å². The summed E-state index contributed by atoms with van der Waals surface area (Å²) in [5, 5.41) is 11.0. The van der Waals surface area contributed by atoms with Gasteiger partial charge in [-0.2, -0.15) is 0 Å². The minimum absolute atomic E-state index is 0.150. The molecule has 2 heterocycles. The first kappa shape index (κ1) is 24.8. The largest absolute Gasteiger partial charge is 0.436 e. The van der Waals surface area contributed by atoms with E-state index in [0.29, 0.717) is 22.7 Å². The lowest BCUT2D eigenvalue weighted by atomic mass is 9.99. The number of anilines is 1. The molecule has 5 rings (SSSR count). The van der Waals surface area contributed by atoms with Crippen LogP contribution in [-0.4, -0.2) is 44.1 Å². The molecule has 10 heteroatoms. The van der Waals surface area contributed by atoms with Gasteiger partial charge >= 0.3 is 0 Å². The average Bonchev–Trinajstić information content (AvgIpc) is 3.44. The molecule has 1 aromatic heterocycles. The Hall–Kier alpha value is -4.86. The number of aromatic nitrogens is 1. The molecule has 0 saturated carbocycles. The highest BCUT2D eigenvalue weighted by atomic mass is 16.6. The molecule has 3 aromatic carbocycles. The fourth-order valence-electron chi connectivity index (χ4n) is 4.62. The Bertz CT molecular complexity index is 1530. The quantitative estimate of drug-likeness (QED) is 0.210. The summed E-state index contributed by atoms with van der Waals surface area (Å²) in [5.74, 6) is -1.02. The number of carbonyl (C=O) groups is 3. The van der Waals surface area contributed by atoms with Gasteiger partial charge in [0.1, 0.15) is 11.6 Å². The number of benzene rings is 3. The number of amides is 3. The van der Waals surface area contributed by atoms with Crippen LogP contribution in [0.5, 0.6) is 0 Å². The van der Waals surface area contributed by atoms with Crippen molar-refractivity contribution in [2.45, 2.75) is 38.8 Å². The summed E-state index contributed by atoms with van der Waals surface area (Å²) in [5.41, 5.74) is 1.66. The summed E-state index contributed by atoms with van der Waals surface area (Å²) in [6.07, 6.45) is -0.179. The summed E-state index contributed by atoms with van der Waals surface area (Å²) in [4.78, 5) is 57.4. The van der Waals surface area contributed by atoms with Gasteiger partial charge < -0.3 is 9.32 Å². The number of nitrogens with zero attached hydrogens (tertiary/aromatic N) is 4. The van der Waals surface area contributed by atoms with Crippen molar-refractivity contribution in [2.24, 2.45) is 0 Å². The smallest absolute Gasteiger partial charge is 0.269 e. The van der Waals surface area contributed by atoms with Crippen LogP contribution in [0.15, 0.2) is 77.2 Å². The molecular formula is C28H24N4O6. The summed E-state index contributed by atoms with van der Waals surface area (Å²) in [7, 11) is 0. The van der Waals surface area contributed by atoms with Crippen LogP contribution in [0.25, 0.3) is 22.6 Å². The van der Waals surface area contributed by atoms with Crippen molar-refractivity contribution in [1.82, 2.24) is 9.88 Å². The first-order chi connectivity index (χ1) is 18.0. The van der Waals surface area contributed by atoms with Crippen molar-refractivity contribution in [3.8, 4) is 11.5 Å². The number of hydrogen-bond acceptors (Lipinski definition) is 7. The molecule has 10 nitrogen and oxygen atoms in total. The van der Waals surface area contributed by atoms with Crippen LogP contribution >= 0.6 is 0 Å². The number of fused-ring (bicyclic) bond motifs is 1. The third-order valence-electron chi connectivity index (χ3n) is 6.37. The van der Waals surface area contributed by atoms with E-state index in [4.69, 9.17) is 4.42 Å². The van der Waals surface area contributed by atoms with E-state index in [9.17, 15) is 24.5 Å². The summed E-state index contributed by atoms with van der Waals surface area (Å²) in [6.45, 7) is 5.31. The van der Waals surface area contributed by atoms with Gasteiger partial charge in [0.2, 0.25) is 11.8 Å². The molecule has 1 fully saturated rings. The van der Waals surface area contributed by atoms with E-state index in [1.54, 1.807) is 45.0 Å². The standard InChI is InChI=1S/C28H24N4O6/c1-28(2,3)31(26(34)18-10-14-20(15-11-18)32(36)37)22-16-24(33)30(27(22)35)19-12-8-17(9-13-19)25-29-21-6-4-5-7-23(21)38-25/h4-15,22H,16H2,1-3H3. The van der Waals surface area contributed by atoms with E-state index in [-0.39, 0.29) is 17.7 Å². The normalized spacial score (nSPS) is 15.8. The molecule has 1 atom stereocenters. The fourth-order valence-corrected chi connectivity index (χ4v) is 4.62. The molecule has 1 aliphatic heterocycles. The Morgan fingerprint density at radius 1 is 1.03 bits per heavy atom. The van der Waals surface area contributed by atoms with Crippen molar-refractivity contribution in [3.05, 3.63) is 88.5 Å². The average molecular weight is 513 g/mol. The van der Waals surface area contributed by atoms with Gasteiger partial charge in [-0.3, -0.25) is 24.5 Å². The molecule has 0 radical (unpaired) electrons. The number of rotatable bonds is 5. The summed E-state index contributed by atoms with van der Waals surface area (Å²) < 4.78 is 5.80. The molecule has 0 bridgehead atoms. The molecular weight excluding hydrogens is 488 g/mol. The fraction of sp³-hybridized carbons (Fsp3) is 0.214. The summed E-state index contributed by atoms with van der Waals surface area (Å²) in [6, 6.07) is 18.3. The van der Waals surface area contributed by atoms with Gasteiger partial charge in [0.05, 0.1) is 17.0 Å². The highest BCUT2D eigenvalue weighted by molar-refractivity contribution is 6.23. The van der Waals surface area contributed by atoms with Crippen LogP contribution in [0.2, 0.25) is 0 Å². The van der Waals surface area contributed by atoms with Gasteiger partial charge in [-0.1, -0.05) is 12.1 Å². The predicted octanol–water partition coefficient (Wildman–Crippen LogP) is 4.98. The highest BCUT2D eigenvalue weighted by Crippen LogP contribution is 2.33. The van der Waals surface area contributed by atoms with Gasteiger partial charge in [0.25, 0.3) is 17.5 Å². The van der Waals surface area contributed by atoms with Gasteiger partial charge in [0.15, 0.2) is 5.58 Å². The van der Waals surface area contributed by atoms with Crippen LogP contribution < -0.4 is 4.90 Å². The van der Waals surface area contributed by atoms with Crippen LogP contribution in [0.4, 0.5) is 11.4 Å². The zero-order valence-corrected chi connectivity index (χ0v) is 21.0. The second-order valence-electron chi connectivity index (χ2n) is 9.97. The first-order valence-corrected chi connectivity index (χ1v) is 12.0. The lowest BCUT2D eigenvalue weighted by molar-refractivity contribution is -0.384. The van der Waals surface area contributed by atoms with E-state index >= 15 is 0 Å². The van der Waals surface area contributed by atoms with Crippen LogP contribution in [0, 0.1) is 10.1 Å². The van der Waals surface area contributed by atoms with Gasteiger partial charge in [-0.05, 0) is 69.3 Å². The SMILES string of the molecule is CC(C)(C)N(C(=O)c1ccc([N+](=O)[O-])cc1)C1CC(=O)N(c2ccc(-c3nc4ccccc4o3)cc2)C1=O. The molecule has 192 valence electrons. The zero-order chi connectivity index (χ0) is 27.2. The zero-order valence-electron chi connectivity index (χ0n) is 21.0. The second-order valence-corrected chi connectivity index (χ2v) is 9.97. The molecule has 3 amide bonds. The Balaban J connectivity index is 1.41. The molecule has 38 heavy (non-hydrogen) atoms. The van der Waals surface area contributed by atoms with E-state index in [0.717, 1.165) is 10.4 Å². The summed E-state index contributed by atoms with van der Waals surface area (Å²) >= 11 is 0. The molecule has 0 N–H and O–H groups in total. The minimum Gasteiger partial charge on any atom is -0.436 e. The molecule has 0 spiro atoms. The van der Waals surface area contributed by atoms with E-state index in [1.165, 1.54) is 29.2 Å². The second kappa shape index (κ2) is 9.22. The molecule has 1 saturated heterocycles. The van der Waals surface area contributed by atoms with Gasteiger partial charge in [-0.25, -0.2) is 9.88 Å². The number of nitro benzene ring substituents is 1. The maximum atomic E-state index is 13.5. The highest BCUT2D eigenvalue weighted by Gasteiger charge is 2.47. The Morgan fingerprint density at radius 2 is 1.68 bits per heavy atom. The number of para-hydroxylation sites is 2. The minimum atomic E-state index is -1.03. The number of nitro groups is 1. The number of carbonyl (C=O) groups excluding carboxylic acids is 3. The van der Waals surface area contributed by atoms with E-state index in [2.05, 4.69) is 4.98 Å². The third kappa shape index (κ3) is 4.40. The van der Waals surface area contributed by atoms with Gasteiger partial charge in [-0.15, -0.1) is 0 Å². The number of hydrogen-bond donors (Lipinski definition) is 0. The van der Waals surface area contributed by atoms with E-state index in [1.807, 2.05) is 24.3 Å². The first-order valence-electron chi connectivity index (χ1n) is 12.0. The number of imide groups is 1. The van der Waals surface area contributed by atoms with Crippen LogP contribution in [0.3, 0.4) is 0 Å². The van der Waals surface area contributed by atoms with Gasteiger partial charge in [0, 0.05) is 28.8 Å². The molecule has 1 aliphatic rings. The molecule has 1 unspecified atom stereocenters.